The van der Waals surface area contributed by atoms with E-state index in [0.29, 0.717) is 23.2 Å². The number of carbonyl (C=O) groups is 4. The Morgan fingerprint density at radius 1 is 0.822 bits per heavy atom. The minimum Gasteiger partial charge on any atom is -0.494 e. The summed E-state index contributed by atoms with van der Waals surface area (Å²) in [6.07, 6.45) is 1.01. The molecule has 242 valence electrons. The molecule has 0 spiro atoms. The van der Waals surface area contributed by atoms with Crippen molar-refractivity contribution in [2.75, 3.05) is 19.8 Å². The Morgan fingerprint density at radius 3 is 2.02 bits per heavy atom. The van der Waals surface area contributed by atoms with Crippen LogP contribution in [-0.2, 0) is 30.3 Å². The molecule has 1 heterocycles. The average Bonchev–Trinajstić information content (AvgIpc) is 3.25. The Bertz CT molecular complexity index is 1460. The van der Waals surface area contributed by atoms with E-state index in [1.54, 1.807) is 55.5 Å². The fourth-order valence-corrected chi connectivity index (χ4v) is 5.08. The molecule has 3 aromatic rings. The number of rotatable bonds is 17. The minimum absolute atomic E-state index is 0.0879. The highest BCUT2D eigenvalue weighted by Gasteiger charge is 2.34. The first-order valence-corrected chi connectivity index (χ1v) is 15.0. The van der Waals surface area contributed by atoms with Crippen molar-refractivity contribution in [3.63, 3.8) is 0 Å². The second kappa shape index (κ2) is 16.4. The SMILES string of the molecule is CCCCOC(=O)C(CC(C)C(=O)O)CC(Cc1c(C)c(O)n(-c2ccc(C(=O)c3ccccc3)cc2)c1O)C(=O)OCCO. The maximum atomic E-state index is 13.2. The summed E-state index contributed by atoms with van der Waals surface area (Å²) in [5, 5.41) is 41.0. The van der Waals surface area contributed by atoms with Gasteiger partial charge in [-0.25, -0.2) is 0 Å². The monoisotopic (exact) mass is 623 g/mol. The topological polar surface area (TPSA) is 173 Å². The lowest BCUT2D eigenvalue weighted by atomic mass is 9.84. The smallest absolute Gasteiger partial charge is 0.309 e. The Hall–Kier alpha value is -4.64. The quantitative estimate of drug-likeness (QED) is 0.0947. The molecule has 4 N–H and O–H groups in total. The molecule has 0 amide bonds. The van der Waals surface area contributed by atoms with Gasteiger partial charge in [0, 0.05) is 22.3 Å². The number of aromatic nitrogens is 1. The lowest BCUT2D eigenvalue weighted by Crippen LogP contribution is -2.30. The molecule has 1 aromatic heterocycles. The van der Waals surface area contributed by atoms with Crippen LogP contribution < -0.4 is 0 Å². The number of aliphatic hydroxyl groups excluding tert-OH is 1. The van der Waals surface area contributed by atoms with Gasteiger partial charge in [-0.15, -0.1) is 0 Å². The summed E-state index contributed by atoms with van der Waals surface area (Å²) < 4.78 is 11.8. The number of ether oxygens (including phenoxy) is 2. The molecular formula is C34H41NO10. The van der Waals surface area contributed by atoms with Crippen LogP contribution in [0.3, 0.4) is 0 Å². The first-order chi connectivity index (χ1) is 21.5. The molecule has 0 saturated carbocycles. The molecule has 11 nitrogen and oxygen atoms in total. The molecule has 0 fully saturated rings. The lowest BCUT2D eigenvalue weighted by molar-refractivity contribution is -0.154. The van der Waals surface area contributed by atoms with Gasteiger partial charge in [0.25, 0.3) is 0 Å². The average molecular weight is 624 g/mol. The van der Waals surface area contributed by atoms with Crippen molar-refractivity contribution in [1.82, 2.24) is 4.57 Å². The summed E-state index contributed by atoms with van der Waals surface area (Å²) in [5.41, 5.74) is 1.77. The number of nitrogens with zero attached hydrogens (tertiary/aromatic N) is 1. The number of ketones is 1. The van der Waals surface area contributed by atoms with Gasteiger partial charge in [-0.3, -0.25) is 23.7 Å². The molecule has 45 heavy (non-hydrogen) atoms. The Morgan fingerprint density at radius 2 is 1.42 bits per heavy atom. The number of aliphatic hydroxyl groups is 1. The highest BCUT2D eigenvalue weighted by molar-refractivity contribution is 6.09. The summed E-state index contributed by atoms with van der Waals surface area (Å²) in [6, 6.07) is 15.0. The van der Waals surface area contributed by atoms with Crippen molar-refractivity contribution >= 4 is 23.7 Å². The number of hydrogen-bond acceptors (Lipinski definition) is 9. The van der Waals surface area contributed by atoms with E-state index in [4.69, 9.17) is 9.47 Å². The largest absolute Gasteiger partial charge is 0.494 e. The number of carboxylic acid groups (broad SMARTS) is 1. The van der Waals surface area contributed by atoms with E-state index in [-0.39, 0.29) is 61.1 Å². The molecule has 0 bridgehead atoms. The maximum absolute atomic E-state index is 13.2. The molecular weight excluding hydrogens is 582 g/mol. The summed E-state index contributed by atoms with van der Waals surface area (Å²) in [7, 11) is 0. The number of carboxylic acids is 1. The maximum Gasteiger partial charge on any atom is 0.309 e. The summed E-state index contributed by atoms with van der Waals surface area (Å²) in [4.78, 5) is 50.6. The fraction of sp³-hybridized carbons (Fsp3) is 0.412. The summed E-state index contributed by atoms with van der Waals surface area (Å²) in [5.74, 6) is -6.25. The van der Waals surface area contributed by atoms with Crippen LogP contribution >= 0.6 is 0 Å². The molecule has 11 heteroatoms. The van der Waals surface area contributed by atoms with Crippen LogP contribution in [0.5, 0.6) is 11.8 Å². The number of aliphatic carboxylic acids is 1. The van der Waals surface area contributed by atoms with Crippen LogP contribution in [-0.4, -0.2) is 68.5 Å². The Labute approximate surface area is 262 Å². The minimum atomic E-state index is -1.10. The number of unbranched alkanes of at least 4 members (excludes halogenated alkanes) is 1. The number of benzene rings is 2. The second-order valence-electron chi connectivity index (χ2n) is 11.0. The molecule has 0 aliphatic heterocycles. The van der Waals surface area contributed by atoms with Crippen molar-refractivity contribution in [3.8, 4) is 17.4 Å². The number of esters is 2. The van der Waals surface area contributed by atoms with E-state index in [9.17, 15) is 39.6 Å². The third kappa shape index (κ3) is 8.95. The molecule has 3 atom stereocenters. The zero-order chi connectivity index (χ0) is 33.1. The fourth-order valence-electron chi connectivity index (χ4n) is 5.08. The zero-order valence-electron chi connectivity index (χ0n) is 25.8. The third-order valence-corrected chi connectivity index (χ3v) is 7.73. The molecule has 0 aliphatic rings. The first kappa shape index (κ1) is 34.8. The van der Waals surface area contributed by atoms with Gasteiger partial charge >= 0.3 is 17.9 Å². The van der Waals surface area contributed by atoms with Crippen molar-refractivity contribution in [2.45, 2.75) is 52.9 Å². The van der Waals surface area contributed by atoms with Crippen molar-refractivity contribution < 1.29 is 49.1 Å². The van der Waals surface area contributed by atoms with Gasteiger partial charge in [0.2, 0.25) is 11.8 Å². The van der Waals surface area contributed by atoms with Crippen LogP contribution in [0.2, 0.25) is 0 Å². The van der Waals surface area contributed by atoms with Gasteiger partial charge in [0.1, 0.15) is 6.61 Å². The Balaban J connectivity index is 1.93. The van der Waals surface area contributed by atoms with Gasteiger partial charge in [-0.2, -0.15) is 0 Å². The zero-order valence-corrected chi connectivity index (χ0v) is 25.8. The number of hydrogen-bond donors (Lipinski definition) is 4. The van der Waals surface area contributed by atoms with E-state index in [0.717, 1.165) is 6.42 Å². The molecule has 3 rings (SSSR count). The Kier molecular flexibility index (Phi) is 12.7. The standard InChI is InChI=1S/C34H41NO10/c1-4-5-16-44-33(42)25(18-21(2)32(40)41)19-26(34(43)45-17-15-36)20-28-22(3)30(38)35(31(28)39)27-13-11-24(12-14-27)29(37)23-9-7-6-8-10-23/h6-14,21,25-26,36,38-39H,4-5,15-20H2,1-3H3,(H,40,41). The first-order valence-electron chi connectivity index (χ1n) is 15.0. The molecule has 0 saturated heterocycles. The highest BCUT2D eigenvalue weighted by atomic mass is 16.5. The van der Waals surface area contributed by atoms with Gasteiger partial charge in [-0.1, -0.05) is 50.6 Å². The van der Waals surface area contributed by atoms with Crippen molar-refractivity contribution in [3.05, 3.63) is 76.9 Å². The summed E-state index contributed by atoms with van der Waals surface area (Å²) in [6.45, 7) is 4.38. The lowest BCUT2D eigenvalue weighted by Gasteiger charge is -2.23. The van der Waals surface area contributed by atoms with E-state index in [2.05, 4.69) is 0 Å². The molecule has 3 unspecified atom stereocenters. The van der Waals surface area contributed by atoms with Crippen LogP contribution in [0.15, 0.2) is 54.6 Å². The number of carbonyl (C=O) groups excluding carboxylic acids is 3. The van der Waals surface area contributed by atoms with Gasteiger partial charge in [0.15, 0.2) is 5.78 Å². The van der Waals surface area contributed by atoms with E-state index >= 15 is 0 Å². The van der Waals surface area contributed by atoms with E-state index in [1.807, 2.05) is 13.0 Å². The van der Waals surface area contributed by atoms with Crippen LogP contribution in [0.4, 0.5) is 0 Å². The van der Waals surface area contributed by atoms with Gasteiger partial charge < -0.3 is 29.9 Å². The normalized spacial score (nSPS) is 13.1. The molecule has 0 aliphatic carbocycles. The number of aromatic hydroxyl groups is 2. The van der Waals surface area contributed by atoms with Gasteiger partial charge in [-0.05, 0) is 56.9 Å². The van der Waals surface area contributed by atoms with Crippen LogP contribution in [0.1, 0.15) is 66.6 Å². The van der Waals surface area contributed by atoms with Crippen molar-refractivity contribution in [1.29, 1.82) is 0 Å². The second-order valence-corrected chi connectivity index (χ2v) is 11.0. The predicted octanol–water partition coefficient (Wildman–Crippen LogP) is 4.58. The van der Waals surface area contributed by atoms with E-state index < -0.39 is 42.3 Å². The van der Waals surface area contributed by atoms with Gasteiger partial charge in [0.05, 0.1) is 36.7 Å². The third-order valence-electron chi connectivity index (χ3n) is 7.73. The molecule has 2 aromatic carbocycles. The predicted molar refractivity (Wildman–Crippen MR) is 164 cm³/mol. The van der Waals surface area contributed by atoms with Crippen molar-refractivity contribution in [2.24, 2.45) is 17.8 Å². The van der Waals surface area contributed by atoms with E-state index in [1.165, 1.54) is 11.5 Å². The highest BCUT2D eigenvalue weighted by Crippen LogP contribution is 2.39. The van der Waals surface area contributed by atoms with Crippen LogP contribution in [0, 0.1) is 24.7 Å². The molecule has 0 radical (unpaired) electrons. The summed E-state index contributed by atoms with van der Waals surface area (Å²) >= 11 is 0. The van der Waals surface area contributed by atoms with Crippen LogP contribution in [0.25, 0.3) is 5.69 Å².